The van der Waals surface area contributed by atoms with E-state index in [0.717, 1.165) is 0 Å². The number of carbonyl (C=O) groups is 1. The van der Waals surface area contributed by atoms with Gasteiger partial charge >= 0.3 is 0 Å². The molecule has 1 unspecified atom stereocenters. The second-order valence-corrected chi connectivity index (χ2v) is 3.84. The number of hydrogen-bond donors (Lipinski definition) is 0. The Hall–Kier alpha value is 0.920. The van der Waals surface area contributed by atoms with Crippen LogP contribution in [0.5, 0.6) is 0 Å². The van der Waals surface area contributed by atoms with E-state index in [0.29, 0.717) is 10.7 Å². The third-order valence-corrected chi connectivity index (χ3v) is 3.25. The summed E-state index contributed by atoms with van der Waals surface area (Å²) in [5.74, 6) is 0.000965. The Balaban J connectivity index is 3.97. The quantitative estimate of drug-likeness (QED) is 0.724. The van der Waals surface area contributed by atoms with Gasteiger partial charge in [-0.3, -0.25) is 4.79 Å². The normalized spacial score (nSPS) is 16.9. The van der Waals surface area contributed by atoms with Gasteiger partial charge in [0.2, 0.25) is 0 Å². The van der Waals surface area contributed by atoms with Crippen LogP contribution in [-0.2, 0) is 4.79 Å². The van der Waals surface area contributed by atoms with Gasteiger partial charge in [-0.25, -0.2) is 0 Å². The molecule has 9 heavy (non-hydrogen) atoms. The molecule has 0 fully saturated rings. The molecule has 0 aliphatic heterocycles. The van der Waals surface area contributed by atoms with Crippen molar-refractivity contribution < 1.29 is 4.79 Å². The second-order valence-electron chi connectivity index (χ2n) is 1.89. The summed E-state index contributed by atoms with van der Waals surface area (Å²) in [5.41, 5.74) is 0. The van der Waals surface area contributed by atoms with Gasteiger partial charge in [-0.15, -0.1) is 11.6 Å². The fourth-order valence-corrected chi connectivity index (χ4v) is 1.37. The van der Waals surface area contributed by atoms with Crippen LogP contribution < -0.4 is 0 Å². The molecule has 0 aromatic rings. The van der Waals surface area contributed by atoms with Crippen LogP contribution in [0.3, 0.4) is 0 Å². The summed E-state index contributed by atoms with van der Waals surface area (Å²) >= 11 is 11.9. The second kappa shape index (κ2) is 3.94. The van der Waals surface area contributed by atoms with E-state index in [4.69, 9.17) is 11.6 Å². The van der Waals surface area contributed by atoms with Crippen molar-refractivity contribution in [2.24, 2.45) is 0 Å². The highest BCUT2D eigenvalue weighted by atomic mass is 79.9. The molecule has 1 atom stereocenters. The van der Waals surface area contributed by atoms with Crippen LogP contribution in [0, 0.1) is 0 Å². The Morgan fingerprint density at radius 1 is 1.67 bits per heavy atom. The highest BCUT2D eigenvalue weighted by Crippen LogP contribution is 2.19. The first-order valence-electron chi connectivity index (χ1n) is 2.38. The zero-order chi connectivity index (χ0) is 7.49. The van der Waals surface area contributed by atoms with Crippen LogP contribution in [-0.4, -0.2) is 21.3 Å². The average Bonchev–Trinajstić information content (AvgIpc) is 1.86. The van der Waals surface area contributed by atoms with Gasteiger partial charge in [-0.2, -0.15) is 0 Å². The summed E-state index contributed by atoms with van der Waals surface area (Å²) in [6.45, 7) is 1.69. The molecule has 0 aromatic heterocycles. The van der Waals surface area contributed by atoms with Crippen molar-refractivity contribution in [2.75, 3.05) is 10.7 Å². The summed E-state index contributed by atoms with van der Waals surface area (Å²) in [5, 5.41) is 0.810. The first kappa shape index (κ1) is 9.92. The van der Waals surface area contributed by atoms with E-state index in [2.05, 4.69) is 31.9 Å². The number of hydrogen-bond acceptors (Lipinski definition) is 1. The molecule has 54 valence electrons. The maximum Gasteiger partial charge on any atom is 0.164 e. The number of halogens is 3. The van der Waals surface area contributed by atoms with Gasteiger partial charge in [0.05, 0.1) is 5.33 Å². The minimum Gasteiger partial charge on any atom is -0.297 e. The number of rotatable bonds is 3. The fraction of sp³-hybridized carbons (Fsp3) is 0.800. The van der Waals surface area contributed by atoms with Crippen molar-refractivity contribution in [3.05, 3.63) is 0 Å². The molecule has 0 aromatic carbocycles. The first-order valence-corrected chi connectivity index (χ1v) is 5.01. The average molecular weight is 278 g/mol. The molecule has 0 heterocycles. The van der Waals surface area contributed by atoms with Crippen molar-refractivity contribution in [2.45, 2.75) is 11.8 Å². The lowest BCUT2D eigenvalue weighted by molar-refractivity contribution is -0.118. The van der Waals surface area contributed by atoms with Gasteiger partial charge in [0, 0.05) is 5.33 Å². The molecule has 0 saturated heterocycles. The van der Waals surface area contributed by atoms with Crippen LogP contribution in [0.1, 0.15) is 6.92 Å². The van der Waals surface area contributed by atoms with Crippen molar-refractivity contribution >= 4 is 49.2 Å². The Morgan fingerprint density at radius 2 is 2.11 bits per heavy atom. The van der Waals surface area contributed by atoms with Crippen LogP contribution in [0.15, 0.2) is 0 Å². The molecular formula is C5H7Br2ClO. The monoisotopic (exact) mass is 276 g/mol. The standard InChI is InChI=1S/C5H7Br2ClO/c1-5(8,3-7)4(9)2-6/h2-3H2,1H3. The molecule has 0 saturated carbocycles. The fourth-order valence-electron chi connectivity index (χ4n) is 0.214. The molecule has 0 spiro atoms. The predicted octanol–water partition coefficient (Wildman–Crippen LogP) is 2.34. The van der Waals surface area contributed by atoms with Gasteiger partial charge in [-0.05, 0) is 6.92 Å². The van der Waals surface area contributed by atoms with E-state index >= 15 is 0 Å². The predicted molar refractivity (Wildman–Crippen MR) is 46.9 cm³/mol. The van der Waals surface area contributed by atoms with Crippen molar-refractivity contribution in [1.82, 2.24) is 0 Å². The third kappa shape index (κ3) is 3.01. The number of Topliss-reactive ketones (excluding diaryl/α,β-unsaturated/α-hetero) is 1. The lowest BCUT2D eigenvalue weighted by atomic mass is 10.1. The topological polar surface area (TPSA) is 17.1 Å². The molecule has 0 bridgehead atoms. The maximum atomic E-state index is 10.9. The Labute approximate surface area is 76.4 Å². The SMILES string of the molecule is CC(Cl)(CBr)C(=O)CBr. The molecule has 0 N–H and O–H groups in total. The summed E-state index contributed by atoms with van der Waals surface area (Å²) in [7, 11) is 0. The van der Waals surface area contributed by atoms with Gasteiger partial charge < -0.3 is 0 Å². The van der Waals surface area contributed by atoms with Crippen LogP contribution >= 0.6 is 43.5 Å². The summed E-state index contributed by atoms with van der Waals surface area (Å²) in [6.07, 6.45) is 0. The van der Waals surface area contributed by atoms with E-state index in [9.17, 15) is 4.79 Å². The van der Waals surface area contributed by atoms with E-state index in [1.807, 2.05) is 0 Å². The van der Waals surface area contributed by atoms with Crippen molar-refractivity contribution in [3.8, 4) is 0 Å². The van der Waals surface area contributed by atoms with Crippen LogP contribution in [0.2, 0.25) is 0 Å². The summed E-state index contributed by atoms with van der Waals surface area (Å²) in [4.78, 5) is 10.1. The highest BCUT2D eigenvalue weighted by Gasteiger charge is 2.27. The number of alkyl halides is 3. The maximum absolute atomic E-state index is 10.9. The largest absolute Gasteiger partial charge is 0.297 e. The Morgan fingerprint density at radius 3 is 2.22 bits per heavy atom. The van der Waals surface area contributed by atoms with Gasteiger partial charge in [0.15, 0.2) is 5.78 Å². The van der Waals surface area contributed by atoms with E-state index in [1.165, 1.54) is 0 Å². The molecule has 0 amide bonds. The zero-order valence-electron chi connectivity index (χ0n) is 4.96. The smallest absolute Gasteiger partial charge is 0.164 e. The Kier molecular flexibility index (Phi) is 4.34. The molecule has 0 aliphatic carbocycles. The van der Waals surface area contributed by atoms with Gasteiger partial charge in [-0.1, -0.05) is 31.9 Å². The summed E-state index contributed by atoms with van der Waals surface area (Å²) < 4.78 is 0. The molecule has 0 radical (unpaired) electrons. The van der Waals surface area contributed by atoms with Crippen molar-refractivity contribution in [1.29, 1.82) is 0 Å². The number of ketones is 1. The number of carbonyl (C=O) groups excluding carboxylic acids is 1. The minimum absolute atomic E-state index is 0.000965. The summed E-state index contributed by atoms with van der Waals surface area (Å²) in [6, 6.07) is 0. The lowest BCUT2D eigenvalue weighted by Gasteiger charge is -2.14. The van der Waals surface area contributed by atoms with Crippen molar-refractivity contribution in [3.63, 3.8) is 0 Å². The van der Waals surface area contributed by atoms with E-state index in [1.54, 1.807) is 6.92 Å². The third-order valence-electron chi connectivity index (χ3n) is 0.954. The van der Waals surface area contributed by atoms with Gasteiger partial charge in [0.1, 0.15) is 4.87 Å². The molecule has 0 aliphatic rings. The molecule has 1 nitrogen and oxygen atoms in total. The van der Waals surface area contributed by atoms with E-state index < -0.39 is 4.87 Å². The Bertz CT molecular complexity index is 114. The highest BCUT2D eigenvalue weighted by molar-refractivity contribution is 9.09. The molecular weight excluding hydrogens is 271 g/mol. The van der Waals surface area contributed by atoms with Gasteiger partial charge in [0.25, 0.3) is 0 Å². The lowest BCUT2D eigenvalue weighted by Crippen LogP contribution is -2.31. The minimum atomic E-state index is -0.747. The first-order chi connectivity index (χ1) is 4.04. The molecule has 0 rings (SSSR count). The van der Waals surface area contributed by atoms with Crippen LogP contribution in [0.4, 0.5) is 0 Å². The molecule has 4 heteroatoms. The van der Waals surface area contributed by atoms with E-state index in [-0.39, 0.29) is 5.78 Å². The van der Waals surface area contributed by atoms with Crippen LogP contribution in [0.25, 0.3) is 0 Å². The zero-order valence-corrected chi connectivity index (χ0v) is 8.88.